The van der Waals surface area contributed by atoms with Gasteiger partial charge >= 0.3 is 0 Å². The van der Waals surface area contributed by atoms with Crippen LogP contribution in [0.4, 0.5) is 11.4 Å². The Morgan fingerprint density at radius 3 is 2.70 bits per heavy atom. The SMILES string of the molecule is CC(C#N)CN(C)CCCC(=O)Nc1ccc(N)cc1. The lowest BCUT2D eigenvalue weighted by atomic mass is 10.2. The van der Waals surface area contributed by atoms with Gasteiger partial charge in [-0.1, -0.05) is 0 Å². The summed E-state index contributed by atoms with van der Waals surface area (Å²) in [6, 6.07) is 9.29. The van der Waals surface area contributed by atoms with Crippen LogP contribution in [0.25, 0.3) is 0 Å². The summed E-state index contributed by atoms with van der Waals surface area (Å²) in [5, 5.41) is 11.6. The van der Waals surface area contributed by atoms with E-state index in [-0.39, 0.29) is 11.8 Å². The summed E-state index contributed by atoms with van der Waals surface area (Å²) in [7, 11) is 1.96. The Morgan fingerprint density at radius 1 is 1.45 bits per heavy atom. The third-order valence-electron chi connectivity index (χ3n) is 2.94. The molecule has 108 valence electrons. The molecule has 20 heavy (non-hydrogen) atoms. The van der Waals surface area contributed by atoms with E-state index in [0.29, 0.717) is 12.1 Å². The maximum absolute atomic E-state index is 11.7. The molecule has 0 aliphatic heterocycles. The zero-order valence-corrected chi connectivity index (χ0v) is 12.1. The lowest BCUT2D eigenvalue weighted by molar-refractivity contribution is -0.116. The number of rotatable bonds is 7. The van der Waals surface area contributed by atoms with Crippen molar-refractivity contribution in [2.75, 3.05) is 31.2 Å². The molecule has 5 heteroatoms. The number of amides is 1. The highest BCUT2D eigenvalue weighted by Gasteiger charge is 2.07. The minimum Gasteiger partial charge on any atom is -0.399 e. The number of nitrogen functional groups attached to an aromatic ring is 1. The Hall–Kier alpha value is -2.06. The second kappa shape index (κ2) is 8.18. The molecule has 0 aliphatic carbocycles. The molecule has 1 unspecified atom stereocenters. The largest absolute Gasteiger partial charge is 0.399 e. The molecule has 0 aliphatic rings. The van der Waals surface area contributed by atoms with E-state index < -0.39 is 0 Å². The van der Waals surface area contributed by atoms with Gasteiger partial charge in [0, 0.05) is 24.3 Å². The number of anilines is 2. The topological polar surface area (TPSA) is 82.2 Å². The first kappa shape index (κ1) is 16.0. The minimum absolute atomic E-state index is 0.00324. The van der Waals surface area contributed by atoms with Crippen LogP contribution in [0.3, 0.4) is 0 Å². The van der Waals surface area contributed by atoms with Gasteiger partial charge < -0.3 is 16.0 Å². The van der Waals surface area contributed by atoms with Crippen molar-refractivity contribution in [2.45, 2.75) is 19.8 Å². The third kappa shape index (κ3) is 6.21. The van der Waals surface area contributed by atoms with Gasteiger partial charge in [0.15, 0.2) is 0 Å². The lowest BCUT2D eigenvalue weighted by Gasteiger charge is -2.17. The van der Waals surface area contributed by atoms with Gasteiger partial charge in [-0.25, -0.2) is 0 Å². The maximum atomic E-state index is 11.7. The smallest absolute Gasteiger partial charge is 0.224 e. The van der Waals surface area contributed by atoms with E-state index in [1.807, 2.05) is 14.0 Å². The number of hydrogen-bond donors (Lipinski definition) is 2. The minimum atomic E-state index is -0.00324. The molecule has 1 aromatic rings. The molecule has 0 saturated heterocycles. The predicted molar refractivity (Wildman–Crippen MR) is 81.0 cm³/mol. The van der Waals surface area contributed by atoms with Crippen molar-refractivity contribution >= 4 is 17.3 Å². The Labute approximate surface area is 120 Å². The third-order valence-corrected chi connectivity index (χ3v) is 2.94. The standard InChI is InChI=1S/C15H22N4O/c1-12(10-16)11-19(2)9-3-4-15(20)18-14-7-5-13(17)6-8-14/h5-8,12H,3-4,9,11,17H2,1-2H3,(H,18,20). The predicted octanol–water partition coefficient (Wildman–Crippen LogP) is 2.08. The van der Waals surface area contributed by atoms with Crippen LogP contribution in [-0.2, 0) is 4.79 Å². The number of hydrogen-bond acceptors (Lipinski definition) is 4. The first-order chi connectivity index (χ1) is 9.51. The maximum Gasteiger partial charge on any atom is 0.224 e. The van der Waals surface area contributed by atoms with Crippen LogP contribution in [0.15, 0.2) is 24.3 Å². The van der Waals surface area contributed by atoms with Crippen LogP contribution >= 0.6 is 0 Å². The van der Waals surface area contributed by atoms with Crippen LogP contribution in [0.1, 0.15) is 19.8 Å². The highest BCUT2D eigenvalue weighted by atomic mass is 16.1. The molecule has 3 N–H and O–H groups in total. The Balaban J connectivity index is 2.23. The summed E-state index contributed by atoms with van der Waals surface area (Å²) in [5.41, 5.74) is 7.02. The Kier molecular flexibility index (Phi) is 6.54. The van der Waals surface area contributed by atoms with E-state index in [0.717, 1.165) is 25.2 Å². The quantitative estimate of drug-likeness (QED) is 0.746. The number of nitriles is 1. The van der Waals surface area contributed by atoms with Crippen LogP contribution < -0.4 is 11.1 Å². The summed E-state index contributed by atoms with van der Waals surface area (Å²) in [4.78, 5) is 13.8. The molecule has 0 fully saturated rings. The van der Waals surface area contributed by atoms with Gasteiger partial charge in [0.2, 0.25) is 5.91 Å². The summed E-state index contributed by atoms with van der Waals surface area (Å²) in [6.45, 7) is 3.43. The van der Waals surface area contributed by atoms with E-state index in [1.54, 1.807) is 24.3 Å². The van der Waals surface area contributed by atoms with E-state index in [4.69, 9.17) is 11.0 Å². The number of nitrogens with one attached hydrogen (secondary N) is 1. The molecule has 0 bridgehead atoms. The summed E-state index contributed by atoms with van der Waals surface area (Å²) < 4.78 is 0. The average Bonchev–Trinajstić information content (AvgIpc) is 2.41. The first-order valence-electron chi connectivity index (χ1n) is 6.75. The van der Waals surface area contributed by atoms with Crippen molar-refractivity contribution in [1.82, 2.24) is 4.90 Å². The number of nitrogens with zero attached hydrogens (tertiary/aromatic N) is 2. The molecule has 0 spiro atoms. The fourth-order valence-electron chi connectivity index (χ4n) is 1.90. The van der Waals surface area contributed by atoms with Gasteiger partial charge in [-0.05, 0) is 51.2 Å². The molecule has 1 aromatic carbocycles. The number of carbonyl (C=O) groups excluding carboxylic acids is 1. The second-order valence-corrected chi connectivity index (χ2v) is 5.07. The Morgan fingerprint density at radius 2 is 2.10 bits per heavy atom. The fourth-order valence-corrected chi connectivity index (χ4v) is 1.90. The molecule has 1 amide bonds. The summed E-state index contributed by atoms with van der Waals surface area (Å²) in [6.07, 6.45) is 1.24. The van der Waals surface area contributed by atoms with Gasteiger partial charge in [0.05, 0.1) is 12.0 Å². The molecule has 0 saturated carbocycles. The van der Waals surface area contributed by atoms with Crippen molar-refractivity contribution in [2.24, 2.45) is 5.92 Å². The van der Waals surface area contributed by atoms with Crippen molar-refractivity contribution in [3.8, 4) is 6.07 Å². The molecule has 0 heterocycles. The van der Waals surface area contributed by atoms with Crippen LogP contribution in [0, 0.1) is 17.2 Å². The monoisotopic (exact) mass is 274 g/mol. The molecular weight excluding hydrogens is 252 g/mol. The molecule has 0 radical (unpaired) electrons. The molecule has 5 nitrogen and oxygen atoms in total. The zero-order chi connectivity index (χ0) is 15.0. The van der Waals surface area contributed by atoms with Crippen molar-refractivity contribution in [3.05, 3.63) is 24.3 Å². The highest BCUT2D eigenvalue weighted by Crippen LogP contribution is 2.11. The molecule has 0 aromatic heterocycles. The van der Waals surface area contributed by atoms with E-state index in [2.05, 4.69) is 16.3 Å². The molecule has 1 rings (SSSR count). The van der Waals surface area contributed by atoms with Crippen LogP contribution in [0.5, 0.6) is 0 Å². The van der Waals surface area contributed by atoms with Gasteiger partial charge in [-0.15, -0.1) is 0 Å². The Bertz CT molecular complexity index is 464. The molecular formula is C15H22N4O. The summed E-state index contributed by atoms with van der Waals surface area (Å²) >= 11 is 0. The molecule has 1 atom stereocenters. The zero-order valence-electron chi connectivity index (χ0n) is 12.1. The number of nitrogens with two attached hydrogens (primary N) is 1. The van der Waals surface area contributed by atoms with E-state index >= 15 is 0 Å². The lowest BCUT2D eigenvalue weighted by Crippen LogP contribution is -2.25. The first-order valence-corrected chi connectivity index (χ1v) is 6.75. The highest BCUT2D eigenvalue weighted by molar-refractivity contribution is 5.90. The van der Waals surface area contributed by atoms with Crippen molar-refractivity contribution in [1.29, 1.82) is 5.26 Å². The van der Waals surface area contributed by atoms with E-state index in [9.17, 15) is 4.79 Å². The second-order valence-electron chi connectivity index (χ2n) is 5.07. The van der Waals surface area contributed by atoms with Gasteiger partial charge in [-0.3, -0.25) is 4.79 Å². The van der Waals surface area contributed by atoms with Gasteiger partial charge in [0.1, 0.15) is 0 Å². The van der Waals surface area contributed by atoms with E-state index in [1.165, 1.54) is 0 Å². The number of benzene rings is 1. The van der Waals surface area contributed by atoms with Gasteiger partial charge in [-0.2, -0.15) is 5.26 Å². The van der Waals surface area contributed by atoms with Crippen molar-refractivity contribution in [3.63, 3.8) is 0 Å². The van der Waals surface area contributed by atoms with Crippen molar-refractivity contribution < 1.29 is 4.79 Å². The van der Waals surface area contributed by atoms with Crippen LogP contribution in [0.2, 0.25) is 0 Å². The fraction of sp³-hybridized carbons (Fsp3) is 0.467. The average molecular weight is 274 g/mol. The van der Waals surface area contributed by atoms with Crippen LogP contribution in [-0.4, -0.2) is 30.9 Å². The van der Waals surface area contributed by atoms with Gasteiger partial charge in [0.25, 0.3) is 0 Å². The summed E-state index contributed by atoms with van der Waals surface area (Å²) in [5.74, 6) is 0.0140. The normalized spacial score (nSPS) is 11.9. The number of carbonyl (C=O) groups is 1.